The van der Waals surface area contributed by atoms with Crippen LogP contribution in [0.5, 0.6) is 5.88 Å². The van der Waals surface area contributed by atoms with Gasteiger partial charge in [-0.05, 0) is 12.1 Å². The Hall–Kier alpha value is -2.96. The molecule has 0 radical (unpaired) electrons. The monoisotopic (exact) mass is 283 g/mol. The first-order valence-electron chi connectivity index (χ1n) is 6.32. The molecule has 0 saturated carbocycles. The topological polar surface area (TPSA) is 86.0 Å². The van der Waals surface area contributed by atoms with E-state index < -0.39 is 0 Å². The SMILES string of the molecule is COc1cc(NCc2cc(-c3ccccn3)no2)ncn1. The van der Waals surface area contributed by atoms with Crippen molar-refractivity contribution in [2.24, 2.45) is 0 Å². The van der Waals surface area contributed by atoms with Crippen LogP contribution in [-0.4, -0.2) is 27.2 Å². The fourth-order valence-corrected chi connectivity index (χ4v) is 1.76. The van der Waals surface area contributed by atoms with E-state index in [1.165, 1.54) is 6.33 Å². The van der Waals surface area contributed by atoms with Crippen molar-refractivity contribution in [1.29, 1.82) is 0 Å². The summed E-state index contributed by atoms with van der Waals surface area (Å²) >= 11 is 0. The Kier molecular flexibility index (Phi) is 3.72. The average molecular weight is 283 g/mol. The van der Waals surface area contributed by atoms with Crippen LogP contribution in [0, 0.1) is 0 Å². The van der Waals surface area contributed by atoms with Gasteiger partial charge in [-0.25, -0.2) is 9.97 Å². The predicted octanol–water partition coefficient (Wildman–Crippen LogP) is 2.15. The Balaban J connectivity index is 1.67. The van der Waals surface area contributed by atoms with Gasteiger partial charge in [0.25, 0.3) is 0 Å². The van der Waals surface area contributed by atoms with E-state index in [9.17, 15) is 0 Å². The lowest BCUT2D eigenvalue weighted by atomic mass is 10.2. The zero-order chi connectivity index (χ0) is 14.5. The molecule has 0 aliphatic carbocycles. The van der Waals surface area contributed by atoms with Gasteiger partial charge in [-0.2, -0.15) is 0 Å². The van der Waals surface area contributed by atoms with Crippen LogP contribution in [0.2, 0.25) is 0 Å². The Morgan fingerprint density at radius 3 is 2.90 bits per heavy atom. The van der Waals surface area contributed by atoms with E-state index in [0.29, 0.717) is 29.7 Å². The first-order chi connectivity index (χ1) is 10.3. The minimum Gasteiger partial charge on any atom is -0.481 e. The van der Waals surface area contributed by atoms with Crippen LogP contribution in [0.4, 0.5) is 5.82 Å². The van der Waals surface area contributed by atoms with Gasteiger partial charge in [-0.3, -0.25) is 4.98 Å². The molecule has 3 heterocycles. The number of ether oxygens (including phenoxy) is 1. The van der Waals surface area contributed by atoms with Gasteiger partial charge in [0, 0.05) is 18.3 Å². The third-order valence-corrected chi connectivity index (χ3v) is 2.78. The molecule has 0 fully saturated rings. The van der Waals surface area contributed by atoms with Crippen LogP contribution in [0.15, 0.2) is 47.4 Å². The number of nitrogens with one attached hydrogen (secondary N) is 1. The molecule has 106 valence electrons. The molecule has 0 saturated heterocycles. The van der Waals surface area contributed by atoms with Crippen LogP contribution in [-0.2, 0) is 6.54 Å². The third kappa shape index (κ3) is 3.14. The molecule has 0 aromatic carbocycles. The van der Waals surface area contributed by atoms with Crippen molar-refractivity contribution in [3.05, 3.63) is 48.6 Å². The summed E-state index contributed by atoms with van der Waals surface area (Å²) < 4.78 is 10.3. The van der Waals surface area contributed by atoms with Gasteiger partial charge < -0.3 is 14.6 Å². The first-order valence-corrected chi connectivity index (χ1v) is 6.32. The van der Waals surface area contributed by atoms with Gasteiger partial charge >= 0.3 is 0 Å². The standard InChI is InChI=1S/C14H13N5O2/c1-20-14-7-13(17-9-18-14)16-8-10-6-12(19-21-10)11-4-2-3-5-15-11/h2-7,9H,8H2,1H3,(H,16,17,18). The maximum atomic E-state index is 5.27. The molecule has 0 unspecified atom stereocenters. The summed E-state index contributed by atoms with van der Waals surface area (Å²) in [7, 11) is 1.56. The number of methoxy groups -OCH3 is 1. The molecule has 0 aliphatic rings. The summed E-state index contributed by atoms with van der Waals surface area (Å²) in [6, 6.07) is 9.19. The molecule has 1 N–H and O–H groups in total. The average Bonchev–Trinajstić information content (AvgIpc) is 3.03. The largest absolute Gasteiger partial charge is 0.481 e. The lowest BCUT2D eigenvalue weighted by Crippen LogP contribution is -2.01. The van der Waals surface area contributed by atoms with Gasteiger partial charge in [0.1, 0.15) is 17.8 Å². The van der Waals surface area contributed by atoms with E-state index in [4.69, 9.17) is 9.26 Å². The minimum atomic E-state index is 0.458. The zero-order valence-corrected chi connectivity index (χ0v) is 11.4. The van der Waals surface area contributed by atoms with Crippen LogP contribution < -0.4 is 10.1 Å². The number of hydrogen-bond acceptors (Lipinski definition) is 7. The highest BCUT2D eigenvalue weighted by molar-refractivity contribution is 5.53. The molecule has 0 atom stereocenters. The molecule has 3 aromatic heterocycles. The first kappa shape index (κ1) is 13.0. The number of anilines is 1. The van der Waals surface area contributed by atoms with E-state index >= 15 is 0 Å². The van der Waals surface area contributed by atoms with Crippen LogP contribution in [0.3, 0.4) is 0 Å². The molecule has 3 aromatic rings. The number of nitrogens with zero attached hydrogens (tertiary/aromatic N) is 4. The Morgan fingerprint density at radius 2 is 2.10 bits per heavy atom. The summed E-state index contributed by atoms with van der Waals surface area (Å²) in [6.07, 6.45) is 3.15. The van der Waals surface area contributed by atoms with Gasteiger partial charge in [-0.1, -0.05) is 11.2 Å². The van der Waals surface area contributed by atoms with Crippen molar-refractivity contribution in [3.8, 4) is 17.3 Å². The molecule has 0 spiro atoms. The van der Waals surface area contributed by atoms with Crippen molar-refractivity contribution >= 4 is 5.82 Å². The zero-order valence-electron chi connectivity index (χ0n) is 11.4. The molecule has 0 bridgehead atoms. The van der Waals surface area contributed by atoms with Crippen molar-refractivity contribution < 1.29 is 9.26 Å². The predicted molar refractivity (Wildman–Crippen MR) is 75.6 cm³/mol. The van der Waals surface area contributed by atoms with Gasteiger partial charge in [-0.15, -0.1) is 0 Å². The summed E-state index contributed by atoms with van der Waals surface area (Å²) in [5.41, 5.74) is 1.48. The van der Waals surface area contributed by atoms with Gasteiger partial charge in [0.05, 0.1) is 19.3 Å². The molecule has 7 heteroatoms. The third-order valence-electron chi connectivity index (χ3n) is 2.78. The quantitative estimate of drug-likeness (QED) is 0.767. The normalized spacial score (nSPS) is 10.3. The highest BCUT2D eigenvalue weighted by Crippen LogP contribution is 2.17. The lowest BCUT2D eigenvalue weighted by molar-refractivity contribution is 0.389. The highest BCUT2D eigenvalue weighted by atomic mass is 16.5. The van der Waals surface area contributed by atoms with Crippen molar-refractivity contribution in [2.75, 3.05) is 12.4 Å². The molecule has 0 amide bonds. The van der Waals surface area contributed by atoms with Gasteiger partial charge in [0.2, 0.25) is 5.88 Å². The molecule has 21 heavy (non-hydrogen) atoms. The Bertz CT molecular complexity index is 714. The Labute approximate surface area is 121 Å². The second-order valence-corrected chi connectivity index (χ2v) is 4.19. The van der Waals surface area contributed by atoms with Crippen molar-refractivity contribution in [1.82, 2.24) is 20.1 Å². The second kappa shape index (κ2) is 6.00. The summed E-state index contributed by atoms with van der Waals surface area (Å²) in [6.45, 7) is 0.458. The molecule has 0 aliphatic heterocycles. The van der Waals surface area contributed by atoms with E-state index in [-0.39, 0.29) is 0 Å². The van der Waals surface area contributed by atoms with Crippen molar-refractivity contribution in [3.63, 3.8) is 0 Å². The van der Waals surface area contributed by atoms with Gasteiger partial charge in [0.15, 0.2) is 5.76 Å². The number of aromatic nitrogens is 4. The Morgan fingerprint density at radius 1 is 1.14 bits per heavy atom. The molecular weight excluding hydrogens is 270 g/mol. The second-order valence-electron chi connectivity index (χ2n) is 4.19. The smallest absolute Gasteiger partial charge is 0.218 e. The fourth-order valence-electron chi connectivity index (χ4n) is 1.76. The summed E-state index contributed by atoms with van der Waals surface area (Å²) in [5.74, 6) is 1.84. The number of pyridine rings is 1. The molecule has 7 nitrogen and oxygen atoms in total. The van der Waals surface area contributed by atoms with Crippen LogP contribution in [0.1, 0.15) is 5.76 Å². The lowest BCUT2D eigenvalue weighted by Gasteiger charge is -2.03. The number of hydrogen-bond donors (Lipinski definition) is 1. The minimum absolute atomic E-state index is 0.458. The van der Waals surface area contributed by atoms with E-state index in [0.717, 1.165) is 5.69 Å². The van der Waals surface area contributed by atoms with E-state index in [1.54, 1.807) is 19.4 Å². The maximum Gasteiger partial charge on any atom is 0.218 e. The highest BCUT2D eigenvalue weighted by Gasteiger charge is 2.07. The molecular formula is C14H13N5O2. The summed E-state index contributed by atoms with van der Waals surface area (Å²) in [4.78, 5) is 12.3. The van der Waals surface area contributed by atoms with E-state index in [2.05, 4.69) is 25.4 Å². The van der Waals surface area contributed by atoms with Crippen LogP contribution in [0.25, 0.3) is 11.4 Å². The van der Waals surface area contributed by atoms with Crippen LogP contribution >= 0.6 is 0 Å². The maximum absolute atomic E-state index is 5.27. The fraction of sp³-hybridized carbons (Fsp3) is 0.143. The van der Waals surface area contributed by atoms with Crippen molar-refractivity contribution in [2.45, 2.75) is 6.54 Å². The summed E-state index contributed by atoms with van der Waals surface area (Å²) in [5, 5.41) is 7.11. The van der Waals surface area contributed by atoms with E-state index in [1.807, 2.05) is 24.3 Å². The molecule has 3 rings (SSSR count). The number of rotatable bonds is 5.